The van der Waals surface area contributed by atoms with E-state index in [1.165, 1.54) is 6.92 Å². The van der Waals surface area contributed by atoms with Crippen molar-refractivity contribution < 1.29 is 18.5 Å². The van der Waals surface area contributed by atoms with E-state index in [-0.39, 0.29) is 11.9 Å². The average molecular weight is 266 g/mol. The van der Waals surface area contributed by atoms with Gasteiger partial charge >= 0.3 is 6.01 Å². The first-order valence-electron chi connectivity index (χ1n) is 5.03. The molecule has 8 nitrogen and oxygen atoms in total. The molecule has 1 N–H and O–H groups in total. The molecular formula is C10H7FN4O4. The van der Waals surface area contributed by atoms with Crippen molar-refractivity contribution in [1.29, 1.82) is 0 Å². The molecule has 1 aromatic heterocycles. The highest BCUT2D eigenvalue weighted by atomic mass is 19.1. The van der Waals surface area contributed by atoms with Crippen LogP contribution in [0.5, 0.6) is 0 Å². The minimum absolute atomic E-state index is 0.212. The number of aromatic nitrogens is 2. The fourth-order valence-electron chi connectivity index (χ4n) is 1.36. The van der Waals surface area contributed by atoms with Gasteiger partial charge in [-0.25, -0.2) is 4.39 Å². The Bertz CT molecular complexity index is 655. The molecule has 0 aliphatic rings. The van der Waals surface area contributed by atoms with Gasteiger partial charge < -0.3 is 4.42 Å². The third kappa shape index (κ3) is 2.70. The van der Waals surface area contributed by atoms with E-state index in [1.807, 2.05) is 0 Å². The number of carbonyl (C=O) groups excluding carboxylic acids is 1. The van der Waals surface area contributed by atoms with Gasteiger partial charge in [0.1, 0.15) is 11.4 Å². The lowest BCUT2D eigenvalue weighted by Crippen LogP contribution is -2.14. The zero-order valence-electron chi connectivity index (χ0n) is 9.58. The first kappa shape index (κ1) is 12.6. The molecule has 0 bridgehead atoms. The summed E-state index contributed by atoms with van der Waals surface area (Å²) in [5.74, 6) is -1.46. The highest BCUT2D eigenvalue weighted by Gasteiger charge is 2.22. The summed E-state index contributed by atoms with van der Waals surface area (Å²) in [5.41, 5.74) is -0.948. The SMILES string of the molecule is Cc1nnc(NC(=O)c2cc(F)ccc2[N+](=O)[O-])o1. The molecule has 2 aromatic rings. The van der Waals surface area contributed by atoms with E-state index < -0.39 is 27.9 Å². The second kappa shape index (κ2) is 4.80. The van der Waals surface area contributed by atoms with Crippen LogP contribution in [0.4, 0.5) is 16.1 Å². The maximum Gasteiger partial charge on any atom is 0.322 e. The van der Waals surface area contributed by atoms with Gasteiger partial charge in [-0.2, -0.15) is 0 Å². The van der Waals surface area contributed by atoms with Crippen molar-refractivity contribution in [3.05, 3.63) is 45.6 Å². The fourth-order valence-corrected chi connectivity index (χ4v) is 1.36. The summed E-state index contributed by atoms with van der Waals surface area (Å²) in [6, 6.07) is 2.34. The van der Waals surface area contributed by atoms with Crippen LogP contribution in [0.3, 0.4) is 0 Å². The second-order valence-electron chi connectivity index (χ2n) is 3.50. The van der Waals surface area contributed by atoms with Crippen molar-refractivity contribution in [3.63, 3.8) is 0 Å². The molecule has 0 saturated heterocycles. The molecule has 2 rings (SSSR count). The molecular weight excluding hydrogens is 259 g/mol. The molecule has 0 saturated carbocycles. The van der Waals surface area contributed by atoms with Crippen LogP contribution in [0.25, 0.3) is 0 Å². The number of halogens is 1. The summed E-state index contributed by atoms with van der Waals surface area (Å²) in [7, 11) is 0. The molecule has 98 valence electrons. The molecule has 9 heteroatoms. The molecule has 1 amide bonds. The Kier molecular flexibility index (Phi) is 3.19. The van der Waals surface area contributed by atoms with Gasteiger partial charge in [0.25, 0.3) is 11.6 Å². The number of hydrogen-bond donors (Lipinski definition) is 1. The number of carbonyl (C=O) groups is 1. The van der Waals surface area contributed by atoms with Crippen LogP contribution in [0.1, 0.15) is 16.2 Å². The van der Waals surface area contributed by atoms with Crippen molar-refractivity contribution in [3.8, 4) is 0 Å². The summed E-state index contributed by atoms with van der Waals surface area (Å²) in [5, 5.41) is 19.9. The van der Waals surface area contributed by atoms with E-state index in [0.29, 0.717) is 0 Å². The molecule has 0 aliphatic heterocycles. The van der Waals surface area contributed by atoms with Crippen molar-refractivity contribution in [1.82, 2.24) is 10.2 Å². The van der Waals surface area contributed by atoms with Gasteiger partial charge in [0, 0.05) is 13.0 Å². The Balaban J connectivity index is 2.32. The van der Waals surface area contributed by atoms with E-state index in [0.717, 1.165) is 18.2 Å². The zero-order chi connectivity index (χ0) is 14.0. The molecule has 0 atom stereocenters. The van der Waals surface area contributed by atoms with Crippen LogP contribution in [-0.4, -0.2) is 21.0 Å². The highest BCUT2D eigenvalue weighted by Crippen LogP contribution is 2.20. The number of nitrogens with zero attached hydrogens (tertiary/aromatic N) is 3. The van der Waals surface area contributed by atoms with Crippen LogP contribution < -0.4 is 5.32 Å². The first-order valence-corrected chi connectivity index (χ1v) is 5.03. The van der Waals surface area contributed by atoms with Gasteiger partial charge in [-0.15, -0.1) is 5.10 Å². The second-order valence-corrected chi connectivity index (χ2v) is 3.50. The van der Waals surface area contributed by atoms with Gasteiger partial charge in [0.15, 0.2) is 0 Å². The summed E-state index contributed by atoms with van der Waals surface area (Å²) >= 11 is 0. The van der Waals surface area contributed by atoms with Gasteiger partial charge in [-0.05, 0) is 12.1 Å². The molecule has 0 aliphatic carbocycles. The molecule has 0 fully saturated rings. The third-order valence-electron chi connectivity index (χ3n) is 2.15. The summed E-state index contributed by atoms with van der Waals surface area (Å²) in [6.45, 7) is 1.51. The van der Waals surface area contributed by atoms with Crippen LogP contribution in [0, 0.1) is 22.9 Å². The van der Waals surface area contributed by atoms with Crippen LogP contribution >= 0.6 is 0 Å². The normalized spacial score (nSPS) is 10.2. The number of rotatable bonds is 3. The van der Waals surface area contributed by atoms with E-state index in [9.17, 15) is 19.3 Å². The van der Waals surface area contributed by atoms with Crippen LogP contribution in [-0.2, 0) is 0 Å². The maximum absolute atomic E-state index is 13.1. The van der Waals surface area contributed by atoms with Crippen molar-refractivity contribution >= 4 is 17.6 Å². The summed E-state index contributed by atoms with van der Waals surface area (Å²) in [4.78, 5) is 21.8. The Hall–Kier alpha value is -2.84. The monoisotopic (exact) mass is 266 g/mol. The third-order valence-corrected chi connectivity index (χ3v) is 2.15. The molecule has 1 aromatic carbocycles. The van der Waals surface area contributed by atoms with Crippen LogP contribution in [0.2, 0.25) is 0 Å². The quantitative estimate of drug-likeness (QED) is 0.668. The van der Waals surface area contributed by atoms with Gasteiger partial charge in [-0.3, -0.25) is 20.2 Å². The Morgan fingerprint density at radius 2 is 2.21 bits per heavy atom. The lowest BCUT2D eigenvalue weighted by Gasteiger charge is -2.02. The van der Waals surface area contributed by atoms with E-state index in [1.54, 1.807) is 0 Å². The van der Waals surface area contributed by atoms with Gasteiger partial charge in [0.2, 0.25) is 5.89 Å². The number of anilines is 1. The Morgan fingerprint density at radius 3 is 2.79 bits per heavy atom. The maximum atomic E-state index is 13.1. The number of amides is 1. The fraction of sp³-hybridized carbons (Fsp3) is 0.100. The number of aryl methyl sites for hydroxylation is 1. The number of hydrogen-bond acceptors (Lipinski definition) is 6. The summed E-state index contributed by atoms with van der Waals surface area (Å²) < 4.78 is 17.9. The molecule has 0 unspecified atom stereocenters. The Labute approximate surface area is 105 Å². The Morgan fingerprint density at radius 1 is 1.47 bits per heavy atom. The lowest BCUT2D eigenvalue weighted by molar-refractivity contribution is -0.385. The minimum Gasteiger partial charge on any atom is -0.408 e. The number of nitro groups is 1. The van der Waals surface area contributed by atoms with Gasteiger partial charge in [0.05, 0.1) is 4.92 Å². The van der Waals surface area contributed by atoms with Crippen LogP contribution in [0.15, 0.2) is 22.6 Å². The van der Waals surface area contributed by atoms with Crippen molar-refractivity contribution in [2.75, 3.05) is 5.32 Å². The van der Waals surface area contributed by atoms with Gasteiger partial charge in [-0.1, -0.05) is 5.10 Å². The largest absolute Gasteiger partial charge is 0.408 e. The van der Waals surface area contributed by atoms with Crippen molar-refractivity contribution in [2.45, 2.75) is 6.92 Å². The smallest absolute Gasteiger partial charge is 0.322 e. The zero-order valence-corrected chi connectivity index (χ0v) is 9.58. The topological polar surface area (TPSA) is 111 Å². The molecule has 19 heavy (non-hydrogen) atoms. The number of benzene rings is 1. The van der Waals surface area contributed by atoms with E-state index in [2.05, 4.69) is 15.5 Å². The lowest BCUT2D eigenvalue weighted by atomic mass is 10.1. The predicted octanol–water partition coefficient (Wildman–Crippen LogP) is 1.68. The first-order chi connectivity index (χ1) is 8.97. The molecule has 0 spiro atoms. The summed E-state index contributed by atoms with van der Waals surface area (Å²) in [6.07, 6.45) is 0. The molecule has 1 heterocycles. The molecule has 0 radical (unpaired) electrons. The highest BCUT2D eigenvalue weighted by molar-refractivity contribution is 6.06. The predicted molar refractivity (Wildman–Crippen MR) is 60.0 cm³/mol. The van der Waals surface area contributed by atoms with E-state index >= 15 is 0 Å². The standard InChI is InChI=1S/C10H7FN4O4/c1-5-13-14-10(19-5)12-9(16)7-4-6(11)2-3-8(7)15(17)18/h2-4H,1H3,(H,12,14,16). The minimum atomic E-state index is -0.908. The van der Waals surface area contributed by atoms with E-state index in [4.69, 9.17) is 4.42 Å². The van der Waals surface area contributed by atoms with Crippen molar-refractivity contribution in [2.24, 2.45) is 0 Å². The number of nitro benzene ring substituents is 1. The average Bonchev–Trinajstić information content (AvgIpc) is 2.74. The number of nitrogens with one attached hydrogen (secondary N) is 1.